The molecule has 0 amide bonds. The lowest BCUT2D eigenvalue weighted by Gasteiger charge is -2.05. The van der Waals surface area contributed by atoms with Crippen molar-refractivity contribution in [2.75, 3.05) is 0 Å². The number of fused-ring (bicyclic) bond motifs is 3. The van der Waals surface area contributed by atoms with Gasteiger partial charge in [-0.25, -0.2) is 4.98 Å². The van der Waals surface area contributed by atoms with E-state index in [0.29, 0.717) is 32.6 Å². The number of hydrogen-bond donors (Lipinski definition) is 0. The monoisotopic (exact) mass is 362 g/mol. The Bertz CT molecular complexity index is 1250. The number of rotatable bonds is 2. The van der Waals surface area contributed by atoms with Crippen molar-refractivity contribution in [1.29, 1.82) is 5.26 Å². The third-order valence-corrected chi connectivity index (χ3v) is 4.21. The van der Waals surface area contributed by atoms with E-state index in [1.807, 2.05) is 6.07 Å². The first-order chi connectivity index (χ1) is 12.6. The minimum Gasteiger partial charge on any atom is -0.258 e. The molecule has 0 saturated heterocycles. The predicted molar refractivity (Wildman–Crippen MR) is 94.4 cm³/mol. The standard InChI is InChI=1S/C17H7ClN6O2/c18-13-4-2-1-3-10(13)16-11-5-14(24(25)26)17-12(8-21-23-17)15(11)20-7-9(6-19)22-16/h1-5,7-8H. The summed E-state index contributed by atoms with van der Waals surface area (Å²) in [6.07, 6.45) is 2.71. The topological polar surface area (TPSA) is 118 Å². The highest BCUT2D eigenvalue weighted by Gasteiger charge is 2.21. The van der Waals surface area contributed by atoms with Gasteiger partial charge in [0.15, 0.2) is 11.2 Å². The Balaban J connectivity index is 2.27. The number of aromatic nitrogens is 4. The van der Waals surface area contributed by atoms with E-state index in [4.69, 9.17) is 11.6 Å². The highest BCUT2D eigenvalue weighted by atomic mass is 35.5. The molecule has 0 spiro atoms. The van der Waals surface area contributed by atoms with Gasteiger partial charge in [-0.15, -0.1) is 5.10 Å². The molecule has 4 aromatic rings. The third kappa shape index (κ3) is 2.39. The fraction of sp³-hybridized carbons (Fsp3) is 0. The number of nitro groups is 1. The maximum absolute atomic E-state index is 11.5. The SMILES string of the molecule is N#Cc1cnc2c(cc([N+](=O)[O-])c3nncc32)c(-c2ccccc2Cl)n1. The molecule has 0 N–H and O–H groups in total. The first kappa shape index (κ1) is 15.8. The second kappa shape index (κ2) is 5.98. The fourth-order valence-corrected chi connectivity index (χ4v) is 2.97. The zero-order valence-electron chi connectivity index (χ0n) is 12.9. The van der Waals surface area contributed by atoms with Crippen molar-refractivity contribution in [3.63, 3.8) is 0 Å². The van der Waals surface area contributed by atoms with Gasteiger partial charge in [0.25, 0.3) is 5.69 Å². The highest BCUT2D eigenvalue weighted by Crippen LogP contribution is 2.36. The summed E-state index contributed by atoms with van der Waals surface area (Å²) >= 11 is 6.30. The van der Waals surface area contributed by atoms with Crippen LogP contribution in [0.15, 0.2) is 42.7 Å². The molecule has 0 saturated carbocycles. The van der Waals surface area contributed by atoms with Crippen molar-refractivity contribution < 1.29 is 4.92 Å². The van der Waals surface area contributed by atoms with Gasteiger partial charge < -0.3 is 0 Å². The molecular weight excluding hydrogens is 356 g/mol. The van der Waals surface area contributed by atoms with Crippen molar-refractivity contribution >= 4 is 39.1 Å². The normalized spacial score (nSPS) is 10.8. The Morgan fingerprint density at radius 3 is 2.69 bits per heavy atom. The summed E-state index contributed by atoms with van der Waals surface area (Å²) in [6, 6.07) is 10.2. The van der Waals surface area contributed by atoms with E-state index >= 15 is 0 Å². The van der Waals surface area contributed by atoms with E-state index < -0.39 is 4.92 Å². The molecule has 2 aromatic heterocycles. The molecule has 8 nitrogen and oxygen atoms in total. The van der Waals surface area contributed by atoms with Crippen molar-refractivity contribution in [1.82, 2.24) is 20.2 Å². The van der Waals surface area contributed by atoms with Gasteiger partial charge in [0, 0.05) is 22.0 Å². The number of nitriles is 1. The molecule has 0 aliphatic rings. The first-order valence-electron chi connectivity index (χ1n) is 7.34. The van der Waals surface area contributed by atoms with Gasteiger partial charge in [0.2, 0.25) is 0 Å². The van der Waals surface area contributed by atoms with Gasteiger partial charge in [-0.05, 0) is 6.07 Å². The molecule has 124 valence electrons. The van der Waals surface area contributed by atoms with Gasteiger partial charge in [-0.1, -0.05) is 29.8 Å². The summed E-state index contributed by atoms with van der Waals surface area (Å²) in [6.45, 7) is 0. The summed E-state index contributed by atoms with van der Waals surface area (Å²) in [7, 11) is 0. The maximum Gasteiger partial charge on any atom is 0.298 e. The van der Waals surface area contributed by atoms with E-state index in [0.717, 1.165) is 0 Å². The number of nitrogens with zero attached hydrogens (tertiary/aromatic N) is 6. The second-order valence-corrected chi connectivity index (χ2v) is 5.76. The Kier molecular flexibility index (Phi) is 3.64. The average Bonchev–Trinajstić information content (AvgIpc) is 3.04. The zero-order chi connectivity index (χ0) is 18.3. The molecule has 9 heteroatoms. The van der Waals surface area contributed by atoms with Crippen LogP contribution in [-0.2, 0) is 0 Å². The Morgan fingerprint density at radius 1 is 1.15 bits per heavy atom. The summed E-state index contributed by atoms with van der Waals surface area (Å²) < 4.78 is 0. The molecule has 4 rings (SSSR count). The number of hydrogen-bond acceptors (Lipinski definition) is 7. The molecule has 0 radical (unpaired) electrons. The van der Waals surface area contributed by atoms with Gasteiger partial charge in [0.05, 0.1) is 33.9 Å². The lowest BCUT2D eigenvalue weighted by atomic mass is 10.0. The van der Waals surface area contributed by atoms with Gasteiger partial charge in [0.1, 0.15) is 6.07 Å². The lowest BCUT2D eigenvalue weighted by molar-refractivity contribution is -0.383. The van der Waals surface area contributed by atoms with E-state index in [9.17, 15) is 15.4 Å². The Morgan fingerprint density at radius 2 is 1.96 bits per heavy atom. The molecule has 0 atom stereocenters. The molecule has 26 heavy (non-hydrogen) atoms. The van der Waals surface area contributed by atoms with Crippen LogP contribution < -0.4 is 0 Å². The number of nitro benzene ring substituents is 1. The van der Waals surface area contributed by atoms with Crippen LogP contribution in [-0.4, -0.2) is 25.1 Å². The quantitative estimate of drug-likeness (QED) is 0.394. The van der Waals surface area contributed by atoms with Crippen LogP contribution in [0.4, 0.5) is 5.69 Å². The molecule has 2 aromatic carbocycles. The van der Waals surface area contributed by atoms with Gasteiger partial charge in [-0.3, -0.25) is 15.1 Å². The van der Waals surface area contributed by atoms with Crippen LogP contribution in [0.2, 0.25) is 5.02 Å². The molecular formula is C17H7ClN6O2. The largest absolute Gasteiger partial charge is 0.298 e. The van der Waals surface area contributed by atoms with Crippen LogP contribution in [0.3, 0.4) is 0 Å². The highest BCUT2D eigenvalue weighted by molar-refractivity contribution is 6.33. The minimum atomic E-state index is -0.537. The van der Waals surface area contributed by atoms with Crippen LogP contribution >= 0.6 is 11.6 Å². The average molecular weight is 363 g/mol. The molecule has 0 aliphatic heterocycles. The Hall–Kier alpha value is -3.70. The fourth-order valence-electron chi connectivity index (χ4n) is 2.75. The number of non-ortho nitro benzene ring substituents is 1. The summed E-state index contributed by atoms with van der Waals surface area (Å²) in [5, 5.41) is 29.6. The van der Waals surface area contributed by atoms with Crippen LogP contribution in [0.5, 0.6) is 0 Å². The summed E-state index contributed by atoms with van der Waals surface area (Å²) in [5.41, 5.74) is 1.23. The summed E-state index contributed by atoms with van der Waals surface area (Å²) in [4.78, 5) is 19.6. The summed E-state index contributed by atoms with van der Waals surface area (Å²) in [5.74, 6) is 0. The second-order valence-electron chi connectivity index (χ2n) is 5.35. The van der Waals surface area contributed by atoms with Crippen molar-refractivity contribution in [2.45, 2.75) is 0 Å². The molecule has 2 heterocycles. The number of halogens is 1. The molecule has 0 aliphatic carbocycles. The van der Waals surface area contributed by atoms with Gasteiger partial charge in [-0.2, -0.15) is 10.4 Å². The molecule has 0 unspecified atom stereocenters. The van der Waals surface area contributed by atoms with E-state index in [1.165, 1.54) is 18.5 Å². The van der Waals surface area contributed by atoms with E-state index in [-0.39, 0.29) is 16.9 Å². The lowest BCUT2D eigenvalue weighted by Crippen LogP contribution is -1.92. The van der Waals surface area contributed by atoms with E-state index in [2.05, 4.69) is 20.2 Å². The van der Waals surface area contributed by atoms with Gasteiger partial charge >= 0.3 is 0 Å². The van der Waals surface area contributed by atoms with Crippen LogP contribution in [0.1, 0.15) is 5.69 Å². The maximum atomic E-state index is 11.5. The molecule has 0 fully saturated rings. The number of benzene rings is 2. The van der Waals surface area contributed by atoms with E-state index in [1.54, 1.807) is 24.3 Å². The molecule has 0 bridgehead atoms. The van der Waals surface area contributed by atoms with Crippen molar-refractivity contribution in [2.24, 2.45) is 0 Å². The Labute approximate surface area is 150 Å². The van der Waals surface area contributed by atoms with Crippen molar-refractivity contribution in [3.8, 4) is 17.3 Å². The van der Waals surface area contributed by atoms with Crippen LogP contribution in [0.25, 0.3) is 33.1 Å². The van der Waals surface area contributed by atoms with Crippen molar-refractivity contribution in [3.05, 3.63) is 63.6 Å². The van der Waals surface area contributed by atoms with Crippen LogP contribution in [0, 0.1) is 21.4 Å². The minimum absolute atomic E-state index is 0.0550. The smallest absolute Gasteiger partial charge is 0.258 e. The first-order valence-corrected chi connectivity index (χ1v) is 7.72. The third-order valence-electron chi connectivity index (χ3n) is 3.88. The predicted octanol–water partition coefficient (Wildman–Crippen LogP) is 3.67. The zero-order valence-corrected chi connectivity index (χ0v) is 13.7.